The quantitative estimate of drug-likeness (QED) is 0.453. The van der Waals surface area contributed by atoms with Crippen LogP contribution in [0.25, 0.3) is 16.8 Å². The van der Waals surface area contributed by atoms with Crippen LogP contribution in [-0.4, -0.2) is 26.9 Å². The maximum absolute atomic E-state index is 12.4. The number of aromatic nitrogens is 4. The zero-order valence-electron chi connectivity index (χ0n) is 17.4. The van der Waals surface area contributed by atoms with Crippen LogP contribution >= 0.6 is 11.6 Å². The van der Waals surface area contributed by atoms with Crippen LogP contribution in [0.4, 0.5) is 0 Å². The van der Waals surface area contributed by atoms with Gasteiger partial charge in [-0.2, -0.15) is 9.36 Å². The Morgan fingerprint density at radius 2 is 1.71 bits per heavy atom. The molecule has 0 unspecified atom stereocenters. The van der Waals surface area contributed by atoms with Gasteiger partial charge in [0.25, 0.3) is 0 Å². The molecule has 1 aromatic heterocycles. The van der Waals surface area contributed by atoms with Crippen molar-refractivity contribution in [2.75, 3.05) is 7.11 Å². The van der Waals surface area contributed by atoms with Crippen LogP contribution < -0.4 is 15.2 Å². The van der Waals surface area contributed by atoms with E-state index in [1.54, 1.807) is 26.3 Å². The Morgan fingerprint density at radius 1 is 0.968 bits per heavy atom. The minimum atomic E-state index is -0.351. The molecule has 31 heavy (non-hydrogen) atoms. The lowest BCUT2D eigenvalue weighted by Crippen LogP contribution is -2.23. The second-order valence-electron chi connectivity index (χ2n) is 7.03. The molecule has 4 aromatic rings. The van der Waals surface area contributed by atoms with E-state index in [9.17, 15) is 4.79 Å². The number of aryl methyl sites for hydroxylation is 2. The molecule has 0 radical (unpaired) electrons. The Kier molecular flexibility index (Phi) is 5.77. The van der Waals surface area contributed by atoms with E-state index in [1.807, 2.05) is 55.5 Å². The van der Waals surface area contributed by atoms with E-state index in [0.29, 0.717) is 22.0 Å². The predicted octanol–water partition coefficient (Wildman–Crippen LogP) is 4.18. The highest BCUT2D eigenvalue weighted by Gasteiger charge is 2.16. The lowest BCUT2D eigenvalue weighted by Gasteiger charge is -2.16. The molecule has 3 aromatic carbocycles. The third-order valence-electron chi connectivity index (χ3n) is 5.02. The summed E-state index contributed by atoms with van der Waals surface area (Å²) in [6.45, 7) is 2.17. The lowest BCUT2D eigenvalue weighted by atomic mass is 10.0. The van der Waals surface area contributed by atoms with Crippen molar-refractivity contribution in [3.63, 3.8) is 0 Å². The predicted molar refractivity (Wildman–Crippen MR) is 119 cm³/mol. The number of benzene rings is 3. The number of hydrogen-bond donors (Lipinski definition) is 0. The van der Waals surface area contributed by atoms with Gasteiger partial charge < -0.3 is 9.47 Å². The Morgan fingerprint density at radius 3 is 2.39 bits per heavy atom. The molecule has 0 atom stereocenters. The van der Waals surface area contributed by atoms with Crippen LogP contribution in [0.2, 0.25) is 5.02 Å². The van der Waals surface area contributed by atoms with Gasteiger partial charge in [-0.1, -0.05) is 41.9 Å². The van der Waals surface area contributed by atoms with Crippen molar-refractivity contribution in [3.8, 4) is 28.3 Å². The van der Waals surface area contributed by atoms with Crippen molar-refractivity contribution in [2.24, 2.45) is 7.05 Å². The first-order chi connectivity index (χ1) is 15.0. The molecule has 0 aliphatic heterocycles. The standard InChI is InChI=1S/C23H21ClN4O3/c1-15-7-8-17(16-9-11-18(24)12-10-16)13-22(15)31-14-19-20(5-4-6-21(19)30-3)28-23(29)27(2)25-26-28/h4-13H,14H2,1-3H3. The summed E-state index contributed by atoms with van der Waals surface area (Å²) in [6, 6.07) is 19.1. The van der Waals surface area contributed by atoms with E-state index in [1.165, 1.54) is 9.36 Å². The smallest absolute Gasteiger partial charge is 0.368 e. The van der Waals surface area contributed by atoms with Crippen LogP contribution in [0.3, 0.4) is 0 Å². The van der Waals surface area contributed by atoms with Gasteiger partial charge in [0.05, 0.1) is 18.4 Å². The van der Waals surface area contributed by atoms with Crippen molar-refractivity contribution in [2.45, 2.75) is 13.5 Å². The highest BCUT2D eigenvalue weighted by molar-refractivity contribution is 6.30. The summed E-state index contributed by atoms with van der Waals surface area (Å²) in [5, 5.41) is 8.44. The minimum Gasteiger partial charge on any atom is -0.496 e. The molecule has 0 amide bonds. The van der Waals surface area contributed by atoms with Crippen LogP contribution in [0.15, 0.2) is 65.5 Å². The number of methoxy groups -OCH3 is 1. The molecule has 0 aliphatic rings. The molecule has 0 fully saturated rings. The number of halogens is 1. The first kappa shape index (κ1) is 20.7. The van der Waals surface area contributed by atoms with Gasteiger partial charge in [-0.15, -0.1) is 0 Å². The van der Waals surface area contributed by atoms with E-state index in [4.69, 9.17) is 21.1 Å². The van der Waals surface area contributed by atoms with Crippen molar-refractivity contribution < 1.29 is 9.47 Å². The van der Waals surface area contributed by atoms with Crippen molar-refractivity contribution in [1.82, 2.24) is 19.8 Å². The molecule has 0 aliphatic carbocycles. The van der Waals surface area contributed by atoms with Crippen LogP contribution in [0.1, 0.15) is 11.1 Å². The minimum absolute atomic E-state index is 0.188. The van der Waals surface area contributed by atoms with E-state index in [2.05, 4.69) is 10.4 Å². The molecular formula is C23H21ClN4O3. The molecule has 7 nitrogen and oxygen atoms in total. The second kappa shape index (κ2) is 8.65. The Bertz CT molecular complexity index is 1280. The molecule has 1 heterocycles. The molecule has 4 rings (SSSR count). The fraction of sp³-hybridized carbons (Fsp3) is 0.174. The summed E-state index contributed by atoms with van der Waals surface area (Å²) in [5.41, 5.74) is 3.95. The summed E-state index contributed by atoms with van der Waals surface area (Å²) < 4.78 is 14.1. The number of tetrazole rings is 1. The summed E-state index contributed by atoms with van der Waals surface area (Å²) in [7, 11) is 3.13. The number of ether oxygens (including phenoxy) is 2. The fourth-order valence-electron chi connectivity index (χ4n) is 3.28. The summed E-state index contributed by atoms with van der Waals surface area (Å²) in [5.74, 6) is 1.33. The largest absolute Gasteiger partial charge is 0.496 e. The molecule has 0 saturated carbocycles. The highest BCUT2D eigenvalue weighted by Crippen LogP contribution is 2.30. The van der Waals surface area contributed by atoms with Crippen LogP contribution in [-0.2, 0) is 13.7 Å². The van der Waals surface area contributed by atoms with Gasteiger partial charge in [0.1, 0.15) is 18.1 Å². The zero-order valence-corrected chi connectivity index (χ0v) is 18.1. The first-order valence-corrected chi connectivity index (χ1v) is 10.0. The monoisotopic (exact) mass is 436 g/mol. The highest BCUT2D eigenvalue weighted by atomic mass is 35.5. The topological polar surface area (TPSA) is 71.2 Å². The Labute approximate surface area is 184 Å². The molecular weight excluding hydrogens is 416 g/mol. The van der Waals surface area contributed by atoms with Crippen molar-refractivity contribution in [1.29, 1.82) is 0 Å². The van der Waals surface area contributed by atoms with Crippen molar-refractivity contribution >= 4 is 11.6 Å². The van der Waals surface area contributed by atoms with Gasteiger partial charge in [-0.05, 0) is 64.4 Å². The molecule has 8 heteroatoms. The maximum atomic E-state index is 12.4. The van der Waals surface area contributed by atoms with Gasteiger partial charge in [-0.25, -0.2) is 4.79 Å². The van der Waals surface area contributed by atoms with Crippen LogP contribution in [0, 0.1) is 6.92 Å². The van der Waals surface area contributed by atoms with E-state index in [-0.39, 0.29) is 12.3 Å². The molecule has 0 N–H and O–H groups in total. The first-order valence-electron chi connectivity index (χ1n) is 9.62. The Hall–Kier alpha value is -3.58. The molecule has 158 valence electrons. The van der Waals surface area contributed by atoms with Gasteiger partial charge in [-0.3, -0.25) is 0 Å². The number of rotatable bonds is 6. The van der Waals surface area contributed by atoms with E-state index >= 15 is 0 Å². The summed E-state index contributed by atoms with van der Waals surface area (Å²) >= 11 is 6.01. The maximum Gasteiger partial charge on any atom is 0.368 e. The zero-order chi connectivity index (χ0) is 22.0. The van der Waals surface area contributed by atoms with Gasteiger partial charge >= 0.3 is 5.69 Å². The molecule has 0 saturated heterocycles. The van der Waals surface area contributed by atoms with E-state index < -0.39 is 0 Å². The third kappa shape index (κ3) is 4.18. The Balaban J connectivity index is 1.68. The van der Waals surface area contributed by atoms with Gasteiger partial charge in [0.15, 0.2) is 0 Å². The number of hydrogen-bond acceptors (Lipinski definition) is 5. The fourth-order valence-corrected chi connectivity index (χ4v) is 3.41. The second-order valence-corrected chi connectivity index (χ2v) is 7.47. The number of nitrogens with zero attached hydrogens (tertiary/aromatic N) is 4. The molecule has 0 bridgehead atoms. The lowest BCUT2D eigenvalue weighted by molar-refractivity contribution is 0.294. The summed E-state index contributed by atoms with van der Waals surface area (Å²) in [6.07, 6.45) is 0. The van der Waals surface area contributed by atoms with E-state index in [0.717, 1.165) is 22.4 Å². The van der Waals surface area contributed by atoms with Gasteiger partial charge in [0.2, 0.25) is 0 Å². The SMILES string of the molecule is COc1cccc(-n2nnn(C)c2=O)c1COc1cc(-c2ccc(Cl)cc2)ccc1C. The normalized spacial score (nSPS) is 10.8. The molecule has 0 spiro atoms. The average molecular weight is 437 g/mol. The average Bonchev–Trinajstić information content (AvgIpc) is 3.11. The third-order valence-corrected chi connectivity index (χ3v) is 5.27. The van der Waals surface area contributed by atoms with Crippen molar-refractivity contribution in [3.05, 3.63) is 87.3 Å². The van der Waals surface area contributed by atoms with Crippen LogP contribution in [0.5, 0.6) is 11.5 Å². The summed E-state index contributed by atoms with van der Waals surface area (Å²) in [4.78, 5) is 12.4. The van der Waals surface area contributed by atoms with Gasteiger partial charge in [0, 0.05) is 12.1 Å².